The molecule has 2 heterocycles. The number of benzene rings is 1. The first-order valence-corrected chi connectivity index (χ1v) is 7.63. The quantitative estimate of drug-likeness (QED) is 0.916. The minimum atomic E-state index is 0.131. The first-order chi connectivity index (χ1) is 10.3. The van der Waals surface area contributed by atoms with Gasteiger partial charge in [-0.05, 0) is 48.1 Å². The average Bonchev–Trinajstić information content (AvgIpc) is 2.95. The summed E-state index contributed by atoms with van der Waals surface area (Å²) in [5.41, 5.74) is 3.65. The molecule has 0 aliphatic carbocycles. The summed E-state index contributed by atoms with van der Waals surface area (Å²) < 4.78 is 0. The normalized spacial score (nSPS) is 19.0. The Morgan fingerprint density at radius 1 is 1.14 bits per heavy atom. The predicted octanol–water partition coefficient (Wildman–Crippen LogP) is 2.64. The second-order valence-corrected chi connectivity index (χ2v) is 5.93. The lowest BCUT2D eigenvalue weighted by Crippen LogP contribution is -2.20. The van der Waals surface area contributed by atoms with Crippen LogP contribution in [0.4, 0.5) is 0 Å². The largest absolute Gasteiger partial charge is 0.392 e. The van der Waals surface area contributed by atoms with E-state index in [2.05, 4.69) is 28.1 Å². The number of hydrogen-bond acceptors (Lipinski definition) is 3. The Morgan fingerprint density at radius 2 is 2.00 bits per heavy atom. The maximum Gasteiger partial charge on any atom is 0.0681 e. The summed E-state index contributed by atoms with van der Waals surface area (Å²) in [6, 6.07) is 12.5. The zero-order valence-electron chi connectivity index (χ0n) is 12.3. The number of rotatable bonds is 5. The molecule has 1 aliphatic heterocycles. The number of aliphatic hydroxyl groups excluding tert-OH is 1. The van der Waals surface area contributed by atoms with Crippen molar-refractivity contribution in [2.45, 2.75) is 26.0 Å². The van der Waals surface area contributed by atoms with Gasteiger partial charge < -0.3 is 5.11 Å². The number of likely N-dealkylation sites (tertiary alicyclic amines) is 1. The van der Waals surface area contributed by atoms with E-state index in [1.54, 1.807) is 0 Å². The molecule has 1 aromatic heterocycles. The molecule has 1 atom stereocenters. The molecule has 3 rings (SSSR count). The first-order valence-electron chi connectivity index (χ1n) is 7.63. The number of pyridine rings is 1. The molecule has 3 heteroatoms. The maximum atomic E-state index is 9.21. The summed E-state index contributed by atoms with van der Waals surface area (Å²) in [5, 5.41) is 9.21. The van der Waals surface area contributed by atoms with Crippen LogP contribution in [-0.4, -0.2) is 28.1 Å². The monoisotopic (exact) mass is 282 g/mol. The molecule has 0 bridgehead atoms. The Hall–Kier alpha value is -1.71. The third-order valence-corrected chi connectivity index (χ3v) is 4.20. The molecule has 110 valence electrons. The van der Waals surface area contributed by atoms with E-state index in [4.69, 9.17) is 0 Å². The van der Waals surface area contributed by atoms with Gasteiger partial charge in [-0.25, -0.2) is 0 Å². The highest BCUT2D eigenvalue weighted by Gasteiger charge is 2.22. The van der Waals surface area contributed by atoms with E-state index in [-0.39, 0.29) is 6.61 Å². The minimum Gasteiger partial charge on any atom is -0.392 e. The number of aliphatic hydroxyl groups is 1. The van der Waals surface area contributed by atoms with Crippen molar-refractivity contribution in [3.63, 3.8) is 0 Å². The lowest BCUT2D eigenvalue weighted by Gasteiger charge is -2.16. The van der Waals surface area contributed by atoms with Crippen LogP contribution in [0.5, 0.6) is 0 Å². The van der Waals surface area contributed by atoms with Gasteiger partial charge in [-0.15, -0.1) is 0 Å². The minimum absolute atomic E-state index is 0.131. The molecular formula is C18H22N2O. The predicted molar refractivity (Wildman–Crippen MR) is 83.7 cm³/mol. The van der Waals surface area contributed by atoms with Gasteiger partial charge in [-0.1, -0.05) is 30.3 Å². The van der Waals surface area contributed by atoms with Gasteiger partial charge >= 0.3 is 0 Å². The van der Waals surface area contributed by atoms with Crippen LogP contribution in [-0.2, 0) is 19.6 Å². The van der Waals surface area contributed by atoms with Crippen molar-refractivity contribution < 1.29 is 5.11 Å². The van der Waals surface area contributed by atoms with Crippen LogP contribution in [0.25, 0.3) is 0 Å². The van der Waals surface area contributed by atoms with Crippen molar-refractivity contribution in [1.29, 1.82) is 0 Å². The summed E-state index contributed by atoms with van der Waals surface area (Å²) in [5.74, 6) is 0.718. The molecule has 2 aromatic rings. The first kappa shape index (κ1) is 14.2. The molecule has 21 heavy (non-hydrogen) atoms. The van der Waals surface area contributed by atoms with E-state index in [9.17, 15) is 5.11 Å². The molecule has 0 saturated carbocycles. The van der Waals surface area contributed by atoms with Crippen LogP contribution < -0.4 is 0 Å². The molecular weight excluding hydrogens is 260 g/mol. The van der Waals surface area contributed by atoms with Crippen LogP contribution in [0.1, 0.15) is 23.1 Å². The van der Waals surface area contributed by atoms with Gasteiger partial charge in [0.1, 0.15) is 0 Å². The molecule has 0 radical (unpaired) electrons. The molecule has 1 aliphatic rings. The lowest BCUT2D eigenvalue weighted by atomic mass is 9.97. The molecule has 3 nitrogen and oxygen atoms in total. The molecule has 1 saturated heterocycles. The van der Waals surface area contributed by atoms with Crippen molar-refractivity contribution >= 4 is 0 Å². The lowest BCUT2D eigenvalue weighted by molar-refractivity contribution is 0.281. The van der Waals surface area contributed by atoms with Crippen LogP contribution in [0.15, 0.2) is 48.8 Å². The fourth-order valence-electron chi connectivity index (χ4n) is 3.16. The SMILES string of the molecule is OCc1cccc(C[C@H]2CCN(Cc3cccnc3)C2)c1. The van der Waals surface area contributed by atoms with E-state index >= 15 is 0 Å². The summed E-state index contributed by atoms with van der Waals surface area (Å²) in [6.07, 6.45) is 6.14. The molecule has 1 N–H and O–H groups in total. The summed E-state index contributed by atoms with van der Waals surface area (Å²) in [7, 11) is 0. The van der Waals surface area contributed by atoms with Crippen molar-refractivity contribution in [2.24, 2.45) is 5.92 Å². The van der Waals surface area contributed by atoms with Crippen LogP contribution in [0.3, 0.4) is 0 Å². The number of nitrogens with zero attached hydrogens (tertiary/aromatic N) is 2. The van der Waals surface area contributed by atoms with Gasteiger partial charge in [-0.3, -0.25) is 9.88 Å². The zero-order chi connectivity index (χ0) is 14.5. The molecule has 0 amide bonds. The highest BCUT2D eigenvalue weighted by molar-refractivity contribution is 5.23. The van der Waals surface area contributed by atoms with E-state index < -0.39 is 0 Å². The standard InChI is InChI=1S/C18H22N2O/c21-14-17-4-1-3-15(10-17)9-16-6-8-20(12-16)13-18-5-2-7-19-11-18/h1-5,7,10-11,16,21H,6,8-9,12-14H2/t16-/m1/s1. The van der Waals surface area contributed by atoms with E-state index in [1.165, 1.54) is 24.1 Å². The summed E-state index contributed by atoms with van der Waals surface area (Å²) in [4.78, 5) is 6.69. The van der Waals surface area contributed by atoms with Crippen molar-refractivity contribution in [3.8, 4) is 0 Å². The van der Waals surface area contributed by atoms with Gasteiger partial charge in [0.25, 0.3) is 0 Å². The Labute approximate surface area is 126 Å². The van der Waals surface area contributed by atoms with Crippen molar-refractivity contribution in [2.75, 3.05) is 13.1 Å². The summed E-state index contributed by atoms with van der Waals surface area (Å²) >= 11 is 0. The van der Waals surface area contributed by atoms with Gasteiger partial charge in [-0.2, -0.15) is 0 Å². The highest BCUT2D eigenvalue weighted by atomic mass is 16.3. The Bertz CT molecular complexity index is 570. The molecule has 1 aromatic carbocycles. The third kappa shape index (κ3) is 3.90. The Balaban J connectivity index is 1.54. The fraction of sp³-hybridized carbons (Fsp3) is 0.389. The molecule has 1 fully saturated rings. The summed E-state index contributed by atoms with van der Waals surface area (Å²) in [6.45, 7) is 3.45. The van der Waals surface area contributed by atoms with E-state index in [0.717, 1.165) is 31.0 Å². The molecule has 0 spiro atoms. The maximum absolute atomic E-state index is 9.21. The van der Waals surface area contributed by atoms with Gasteiger partial charge in [0.15, 0.2) is 0 Å². The number of hydrogen-bond donors (Lipinski definition) is 1. The second-order valence-electron chi connectivity index (χ2n) is 5.93. The van der Waals surface area contributed by atoms with Crippen LogP contribution >= 0.6 is 0 Å². The van der Waals surface area contributed by atoms with E-state index in [0.29, 0.717) is 0 Å². The van der Waals surface area contributed by atoms with Gasteiger partial charge in [0.2, 0.25) is 0 Å². The Morgan fingerprint density at radius 3 is 2.81 bits per heavy atom. The second kappa shape index (κ2) is 6.83. The third-order valence-electron chi connectivity index (χ3n) is 4.20. The van der Waals surface area contributed by atoms with Crippen molar-refractivity contribution in [3.05, 3.63) is 65.5 Å². The highest BCUT2D eigenvalue weighted by Crippen LogP contribution is 2.22. The van der Waals surface area contributed by atoms with Crippen LogP contribution in [0, 0.1) is 5.92 Å². The van der Waals surface area contributed by atoms with Crippen molar-refractivity contribution in [1.82, 2.24) is 9.88 Å². The smallest absolute Gasteiger partial charge is 0.0681 e. The van der Waals surface area contributed by atoms with E-state index in [1.807, 2.05) is 30.6 Å². The molecule has 0 unspecified atom stereocenters. The van der Waals surface area contributed by atoms with Crippen LogP contribution in [0.2, 0.25) is 0 Å². The average molecular weight is 282 g/mol. The zero-order valence-corrected chi connectivity index (χ0v) is 12.3. The number of aromatic nitrogens is 1. The fourth-order valence-corrected chi connectivity index (χ4v) is 3.16. The van der Waals surface area contributed by atoms with Gasteiger partial charge in [0, 0.05) is 25.5 Å². The Kier molecular flexibility index (Phi) is 4.63. The van der Waals surface area contributed by atoms with Gasteiger partial charge in [0.05, 0.1) is 6.61 Å². The topological polar surface area (TPSA) is 36.4 Å².